The molecule has 1 N–H and O–H groups in total. The van der Waals surface area contributed by atoms with Gasteiger partial charge in [-0.3, -0.25) is 4.79 Å². The maximum absolute atomic E-state index is 12.9. The fourth-order valence-corrected chi connectivity index (χ4v) is 2.71. The van der Waals surface area contributed by atoms with Crippen LogP contribution in [0.2, 0.25) is 0 Å². The van der Waals surface area contributed by atoms with Gasteiger partial charge in [0, 0.05) is 5.56 Å². The molecule has 124 valence electrons. The second-order valence-corrected chi connectivity index (χ2v) is 5.61. The second kappa shape index (κ2) is 6.49. The summed E-state index contributed by atoms with van der Waals surface area (Å²) in [4.78, 5) is 17.3. The number of H-pyrrole nitrogens is 1. The molecule has 0 unspecified atom stereocenters. The van der Waals surface area contributed by atoms with Crippen molar-refractivity contribution in [1.29, 1.82) is 5.26 Å². The van der Waals surface area contributed by atoms with Crippen LogP contribution in [0.1, 0.15) is 16.8 Å². The molecule has 6 heteroatoms. The van der Waals surface area contributed by atoms with Crippen LogP contribution in [0.4, 0.5) is 0 Å². The van der Waals surface area contributed by atoms with E-state index in [9.17, 15) is 10.1 Å². The lowest BCUT2D eigenvalue weighted by molar-refractivity contribution is 1.04. The van der Waals surface area contributed by atoms with E-state index in [1.165, 1.54) is 4.40 Å². The summed E-state index contributed by atoms with van der Waals surface area (Å²) < 4.78 is 1.33. The fraction of sp³-hybridized carbons (Fsp3) is 0. The molecule has 0 spiro atoms. The Morgan fingerprint density at radius 2 is 1.69 bits per heavy atom. The molecular weight excluding hydrogens is 326 g/mol. The van der Waals surface area contributed by atoms with Crippen LogP contribution in [0.5, 0.6) is 0 Å². The van der Waals surface area contributed by atoms with Gasteiger partial charge in [-0.15, -0.1) is 0 Å². The molecule has 0 amide bonds. The molecule has 0 radical (unpaired) electrons. The molecule has 0 atom stereocenters. The van der Waals surface area contributed by atoms with Crippen LogP contribution in [0.3, 0.4) is 0 Å². The molecule has 2 aromatic heterocycles. The van der Waals surface area contributed by atoms with Crippen LogP contribution in [0.25, 0.3) is 29.3 Å². The third-order valence-corrected chi connectivity index (χ3v) is 3.96. The Labute approximate surface area is 148 Å². The summed E-state index contributed by atoms with van der Waals surface area (Å²) in [6, 6.07) is 20.9. The first-order valence-corrected chi connectivity index (χ1v) is 7.98. The van der Waals surface area contributed by atoms with E-state index in [0.29, 0.717) is 17.3 Å². The molecule has 0 saturated carbocycles. The quantitative estimate of drug-likeness (QED) is 0.621. The first kappa shape index (κ1) is 15.5. The van der Waals surface area contributed by atoms with Crippen molar-refractivity contribution in [2.75, 3.05) is 0 Å². The molecule has 26 heavy (non-hydrogen) atoms. The molecule has 0 fully saturated rings. The second-order valence-electron chi connectivity index (χ2n) is 5.61. The number of nitrogens with zero attached hydrogens (tertiary/aromatic N) is 4. The molecule has 0 aliphatic rings. The monoisotopic (exact) mass is 339 g/mol. The number of aromatic nitrogens is 4. The van der Waals surface area contributed by atoms with Crippen molar-refractivity contribution >= 4 is 17.9 Å². The number of nitriles is 1. The summed E-state index contributed by atoms with van der Waals surface area (Å²) in [5, 5.41) is 16.5. The SMILES string of the molecule is N#Cc1c(C=Cc2ccccc2)nc2[nH]nc(-c3ccccc3)n2c1=O. The first-order chi connectivity index (χ1) is 12.8. The van der Waals surface area contributed by atoms with E-state index in [4.69, 9.17) is 0 Å². The van der Waals surface area contributed by atoms with Gasteiger partial charge in [-0.25, -0.2) is 14.5 Å². The standard InChI is InChI=1S/C20H13N5O/c21-13-16-17(12-11-14-7-3-1-4-8-14)22-20-24-23-18(25(20)19(16)26)15-9-5-2-6-10-15/h1-12H,(H,22,24). The molecule has 6 nitrogen and oxygen atoms in total. The maximum Gasteiger partial charge on any atom is 0.279 e. The molecule has 0 saturated heterocycles. The predicted octanol–water partition coefficient (Wildman–Crippen LogP) is 3.13. The van der Waals surface area contributed by atoms with E-state index < -0.39 is 5.56 Å². The van der Waals surface area contributed by atoms with Crippen molar-refractivity contribution < 1.29 is 0 Å². The van der Waals surface area contributed by atoms with Crippen molar-refractivity contribution in [2.45, 2.75) is 0 Å². The van der Waals surface area contributed by atoms with Gasteiger partial charge >= 0.3 is 0 Å². The molecule has 2 heterocycles. The molecular formula is C20H13N5O. The zero-order valence-electron chi connectivity index (χ0n) is 13.6. The van der Waals surface area contributed by atoms with Crippen molar-refractivity contribution in [1.82, 2.24) is 19.6 Å². The summed E-state index contributed by atoms with van der Waals surface area (Å²) >= 11 is 0. The van der Waals surface area contributed by atoms with E-state index in [0.717, 1.165) is 11.1 Å². The number of fused-ring (bicyclic) bond motifs is 1. The van der Waals surface area contributed by atoms with Gasteiger partial charge < -0.3 is 0 Å². The minimum atomic E-state index is -0.446. The number of hydrogen-bond acceptors (Lipinski definition) is 4. The van der Waals surface area contributed by atoms with Crippen LogP contribution in [-0.2, 0) is 0 Å². The Morgan fingerprint density at radius 3 is 2.38 bits per heavy atom. The largest absolute Gasteiger partial charge is 0.279 e. The fourth-order valence-electron chi connectivity index (χ4n) is 2.71. The Bertz CT molecular complexity index is 1200. The van der Waals surface area contributed by atoms with Crippen LogP contribution in [0.15, 0.2) is 65.5 Å². The molecule has 0 aliphatic carbocycles. The highest BCUT2D eigenvalue weighted by Gasteiger charge is 2.16. The van der Waals surface area contributed by atoms with Crippen LogP contribution < -0.4 is 5.56 Å². The number of hydrogen-bond donors (Lipinski definition) is 1. The summed E-state index contributed by atoms with van der Waals surface area (Å²) in [7, 11) is 0. The third-order valence-electron chi connectivity index (χ3n) is 3.96. The van der Waals surface area contributed by atoms with Gasteiger partial charge in [0.1, 0.15) is 11.6 Å². The zero-order chi connectivity index (χ0) is 17.9. The van der Waals surface area contributed by atoms with Crippen LogP contribution in [-0.4, -0.2) is 19.6 Å². The highest BCUT2D eigenvalue weighted by Crippen LogP contribution is 2.17. The molecule has 2 aromatic carbocycles. The molecule has 4 rings (SSSR count). The van der Waals surface area contributed by atoms with Crippen molar-refractivity contribution in [3.05, 3.63) is 87.8 Å². The summed E-state index contributed by atoms with van der Waals surface area (Å²) in [5.74, 6) is 0.716. The van der Waals surface area contributed by atoms with Crippen molar-refractivity contribution in [3.63, 3.8) is 0 Å². The van der Waals surface area contributed by atoms with E-state index in [1.807, 2.05) is 72.8 Å². The average molecular weight is 339 g/mol. The topological polar surface area (TPSA) is 86.8 Å². The maximum atomic E-state index is 12.9. The van der Waals surface area contributed by atoms with Gasteiger partial charge in [0.05, 0.1) is 5.69 Å². The van der Waals surface area contributed by atoms with Crippen LogP contribution in [0, 0.1) is 11.3 Å². The van der Waals surface area contributed by atoms with E-state index in [2.05, 4.69) is 15.2 Å². The third kappa shape index (κ3) is 2.68. The number of aromatic amines is 1. The zero-order valence-corrected chi connectivity index (χ0v) is 13.6. The number of nitrogens with one attached hydrogen (secondary N) is 1. The van der Waals surface area contributed by atoms with E-state index >= 15 is 0 Å². The Kier molecular flexibility index (Phi) is 3.88. The van der Waals surface area contributed by atoms with Gasteiger partial charge in [-0.2, -0.15) is 10.4 Å². The van der Waals surface area contributed by atoms with Crippen molar-refractivity contribution in [3.8, 4) is 17.5 Å². The Hall–Kier alpha value is -3.98. The average Bonchev–Trinajstić information content (AvgIpc) is 3.12. The predicted molar refractivity (Wildman–Crippen MR) is 99.1 cm³/mol. The van der Waals surface area contributed by atoms with Gasteiger partial charge in [0.25, 0.3) is 5.56 Å². The summed E-state index contributed by atoms with van der Waals surface area (Å²) in [6.07, 6.45) is 3.48. The van der Waals surface area contributed by atoms with Gasteiger partial charge in [0.15, 0.2) is 5.82 Å². The van der Waals surface area contributed by atoms with Gasteiger partial charge in [0.2, 0.25) is 5.78 Å². The van der Waals surface area contributed by atoms with E-state index in [-0.39, 0.29) is 5.56 Å². The highest BCUT2D eigenvalue weighted by atomic mass is 16.1. The van der Waals surface area contributed by atoms with Crippen LogP contribution >= 0.6 is 0 Å². The lowest BCUT2D eigenvalue weighted by Crippen LogP contribution is -2.20. The molecule has 4 aromatic rings. The smallest absolute Gasteiger partial charge is 0.267 e. The Morgan fingerprint density at radius 1 is 1.00 bits per heavy atom. The minimum Gasteiger partial charge on any atom is -0.267 e. The lowest BCUT2D eigenvalue weighted by atomic mass is 10.1. The summed E-state index contributed by atoms with van der Waals surface area (Å²) in [6.45, 7) is 0. The molecule has 0 aliphatic heterocycles. The van der Waals surface area contributed by atoms with Gasteiger partial charge in [-0.05, 0) is 11.6 Å². The Balaban J connectivity index is 1.89. The van der Waals surface area contributed by atoms with E-state index in [1.54, 1.807) is 6.08 Å². The summed E-state index contributed by atoms with van der Waals surface area (Å²) in [5.41, 5.74) is 1.56. The van der Waals surface area contributed by atoms with Gasteiger partial charge in [-0.1, -0.05) is 66.7 Å². The number of benzene rings is 2. The minimum absolute atomic E-state index is 0.0201. The lowest BCUT2D eigenvalue weighted by Gasteiger charge is -2.02. The normalized spacial score (nSPS) is 11.0. The number of rotatable bonds is 3. The van der Waals surface area contributed by atoms with Crippen molar-refractivity contribution in [2.24, 2.45) is 0 Å². The first-order valence-electron chi connectivity index (χ1n) is 7.98. The molecule has 0 bridgehead atoms. The highest BCUT2D eigenvalue weighted by molar-refractivity contribution is 5.71.